The first kappa shape index (κ1) is 21.6. The Morgan fingerprint density at radius 3 is 2.41 bits per heavy atom. The standard InChI is InChI=1S/C18H16Cl3N3O4S/c1-27-12-4-6-16(28-2)17(8-12)29(25,26)23-18-15(21)10-24(22-18)9-11-3-5-13(19)14(20)7-11/h3-8,10H,9H2,1-2H3,(H,22,23). The van der Waals surface area contributed by atoms with Gasteiger partial charge in [-0.15, -0.1) is 0 Å². The number of aromatic nitrogens is 2. The van der Waals surface area contributed by atoms with Gasteiger partial charge in [-0.25, -0.2) is 8.42 Å². The largest absolute Gasteiger partial charge is 0.497 e. The summed E-state index contributed by atoms with van der Waals surface area (Å²) in [5.41, 5.74) is 0.822. The van der Waals surface area contributed by atoms with Crippen LogP contribution in [0, 0.1) is 0 Å². The minimum atomic E-state index is -4.04. The van der Waals surface area contributed by atoms with Gasteiger partial charge in [-0.1, -0.05) is 40.9 Å². The van der Waals surface area contributed by atoms with Gasteiger partial charge in [0.2, 0.25) is 0 Å². The van der Waals surface area contributed by atoms with E-state index in [9.17, 15) is 8.42 Å². The summed E-state index contributed by atoms with van der Waals surface area (Å²) in [4.78, 5) is -0.102. The van der Waals surface area contributed by atoms with E-state index in [2.05, 4.69) is 9.82 Å². The highest BCUT2D eigenvalue weighted by Gasteiger charge is 2.23. The highest BCUT2D eigenvalue weighted by molar-refractivity contribution is 7.92. The van der Waals surface area contributed by atoms with Crippen molar-refractivity contribution in [2.45, 2.75) is 11.4 Å². The van der Waals surface area contributed by atoms with Crippen molar-refractivity contribution in [3.8, 4) is 11.5 Å². The topological polar surface area (TPSA) is 82.4 Å². The number of nitrogens with one attached hydrogen (secondary N) is 1. The van der Waals surface area contributed by atoms with Crippen LogP contribution in [0.2, 0.25) is 15.1 Å². The van der Waals surface area contributed by atoms with E-state index in [1.54, 1.807) is 24.3 Å². The fraction of sp³-hybridized carbons (Fsp3) is 0.167. The van der Waals surface area contributed by atoms with Crippen LogP contribution >= 0.6 is 34.8 Å². The molecular weight excluding hydrogens is 461 g/mol. The van der Waals surface area contributed by atoms with Crippen LogP contribution in [0.5, 0.6) is 11.5 Å². The molecule has 0 aliphatic rings. The van der Waals surface area contributed by atoms with Crippen molar-refractivity contribution in [2.24, 2.45) is 0 Å². The van der Waals surface area contributed by atoms with E-state index in [0.717, 1.165) is 5.56 Å². The molecule has 7 nitrogen and oxygen atoms in total. The van der Waals surface area contributed by atoms with E-state index in [-0.39, 0.29) is 21.5 Å². The molecule has 0 amide bonds. The first-order valence-electron chi connectivity index (χ1n) is 8.15. The highest BCUT2D eigenvalue weighted by atomic mass is 35.5. The molecule has 3 rings (SSSR count). The number of hydrogen-bond donors (Lipinski definition) is 1. The van der Waals surface area contributed by atoms with Crippen LogP contribution in [0.25, 0.3) is 0 Å². The fourth-order valence-electron chi connectivity index (χ4n) is 2.55. The molecule has 0 spiro atoms. The SMILES string of the molecule is COc1ccc(OC)c(S(=O)(=O)Nc2nn(Cc3ccc(Cl)c(Cl)c3)cc2Cl)c1. The summed E-state index contributed by atoms with van der Waals surface area (Å²) >= 11 is 18.1. The van der Waals surface area contributed by atoms with E-state index < -0.39 is 10.0 Å². The van der Waals surface area contributed by atoms with E-state index in [0.29, 0.717) is 22.3 Å². The molecule has 0 radical (unpaired) electrons. The van der Waals surface area contributed by atoms with E-state index in [1.807, 2.05) is 0 Å². The molecule has 0 saturated carbocycles. The highest BCUT2D eigenvalue weighted by Crippen LogP contribution is 2.31. The molecular formula is C18H16Cl3N3O4S. The van der Waals surface area contributed by atoms with E-state index in [4.69, 9.17) is 44.3 Å². The van der Waals surface area contributed by atoms with Crippen molar-refractivity contribution in [1.82, 2.24) is 9.78 Å². The van der Waals surface area contributed by atoms with Gasteiger partial charge in [0.25, 0.3) is 10.0 Å². The Bertz CT molecular complexity index is 1150. The normalized spacial score (nSPS) is 11.3. The van der Waals surface area contributed by atoms with Gasteiger partial charge in [-0.2, -0.15) is 5.10 Å². The molecule has 0 fully saturated rings. The molecule has 154 valence electrons. The van der Waals surface area contributed by atoms with Crippen LogP contribution in [0.1, 0.15) is 5.56 Å². The van der Waals surface area contributed by atoms with E-state index >= 15 is 0 Å². The average Bonchev–Trinajstić information content (AvgIpc) is 3.02. The zero-order chi connectivity index (χ0) is 21.2. The molecule has 2 aromatic carbocycles. The minimum absolute atomic E-state index is 0.0170. The Labute approximate surface area is 183 Å². The van der Waals surface area contributed by atoms with Crippen molar-refractivity contribution < 1.29 is 17.9 Å². The molecule has 0 saturated heterocycles. The Morgan fingerprint density at radius 1 is 1.00 bits per heavy atom. The zero-order valence-electron chi connectivity index (χ0n) is 15.3. The van der Waals surface area contributed by atoms with E-state index in [1.165, 1.54) is 37.2 Å². The third-order valence-corrected chi connectivity index (χ3v) is 6.31. The number of hydrogen-bond acceptors (Lipinski definition) is 5. The Hall–Kier alpha value is -2.13. The molecule has 0 unspecified atom stereocenters. The predicted octanol–water partition coefficient (Wildman–Crippen LogP) is 4.71. The van der Waals surface area contributed by atoms with Crippen LogP contribution in [-0.4, -0.2) is 32.4 Å². The van der Waals surface area contributed by atoms with Crippen molar-refractivity contribution in [3.63, 3.8) is 0 Å². The summed E-state index contributed by atoms with van der Waals surface area (Å²) in [5, 5.41) is 5.20. The number of methoxy groups -OCH3 is 2. The molecule has 0 aliphatic heterocycles. The second-order valence-electron chi connectivity index (χ2n) is 5.89. The smallest absolute Gasteiger partial charge is 0.266 e. The molecule has 1 heterocycles. The number of ether oxygens (including phenoxy) is 2. The van der Waals surface area contributed by atoms with Gasteiger partial charge in [0.15, 0.2) is 5.82 Å². The van der Waals surface area contributed by atoms with Crippen LogP contribution in [0.15, 0.2) is 47.5 Å². The van der Waals surface area contributed by atoms with Crippen LogP contribution in [0.4, 0.5) is 5.82 Å². The summed E-state index contributed by atoms with van der Waals surface area (Å²) in [6.07, 6.45) is 1.50. The van der Waals surface area contributed by atoms with Crippen molar-refractivity contribution in [3.05, 3.63) is 63.2 Å². The van der Waals surface area contributed by atoms with Gasteiger partial charge in [-0.05, 0) is 29.8 Å². The second kappa shape index (κ2) is 8.71. The molecule has 3 aromatic rings. The van der Waals surface area contributed by atoms with Gasteiger partial charge < -0.3 is 9.47 Å². The van der Waals surface area contributed by atoms with Gasteiger partial charge in [0.1, 0.15) is 21.4 Å². The Morgan fingerprint density at radius 2 is 1.76 bits per heavy atom. The maximum absolute atomic E-state index is 12.9. The molecule has 1 aromatic heterocycles. The number of halogens is 3. The van der Waals surface area contributed by atoms with Crippen LogP contribution in [0.3, 0.4) is 0 Å². The zero-order valence-corrected chi connectivity index (χ0v) is 18.4. The van der Waals surface area contributed by atoms with Gasteiger partial charge in [-0.3, -0.25) is 9.40 Å². The molecule has 11 heteroatoms. The first-order chi connectivity index (χ1) is 13.7. The predicted molar refractivity (Wildman–Crippen MR) is 113 cm³/mol. The lowest BCUT2D eigenvalue weighted by Crippen LogP contribution is -2.15. The fourth-order valence-corrected chi connectivity index (χ4v) is 4.33. The second-order valence-corrected chi connectivity index (χ2v) is 8.77. The summed E-state index contributed by atoms with van der Waals surface area (Å²) in [5.74, 6) is 0.503. The third kappa shape index (κ3) is 4.90. The molecule has 29 heavy (non-hydrogen) atoms. The number of rotatable bonds is 7. The summed E-state index contributed by atoms with van der Waals surface area (Å²) in [6.45, 7) is 0.320. The minimum Gasteiger partial charge on any atom is -0.497 e. The maximum Gasteiger partial charge on any atom is 0.266 e. The molecule has 0 atom stereocenters. The number of anilines is 1. The Balaban J connectivity index is 1.88. The van der Waals surface area contributed by atoms with Gasteiger partial charge in [0.05, 0.1) is 30.8 Å². The van der Waals surface area contributed by atoms with Crippen molar-refractivity contribution in [1.29, 1.82) is 0 Å². The lowest BCUT2D eigenvalue weighted by molar-refractivity contribution is 0.392. The maximum atomic E-state index is 12.9. The van der Waals surface area contributed by atoms with Crippen LogP contribution in [-0.2, 0) is 16.6 Å². The third-order valence-electron chi connectivity index (χ3n) is 3.94. The molecule has 0 bridgehead atoms. The lowest BCUT2D eigenvalue weighted by atomic mass is 10.2. The summed E-state index contributed by atoms with van der Waals surface area (Å²) in [6, 6.07) is 9.60. The molecule has 1 N–H and O–H groups in total. The van der Waals surface area contributed by atoms with Gasteiger partial charge >= 0.3 is 0 Å². The lowest BCUT2D eigenvalue weighted by Gasteiger charge is -2.12. The van der Waals surface area contributed by atoms with Crippen molar-refractivity contribution in [2.75, 3.05) is 18.9 Å². The quantitative estimate of drug-likeness (QED) is 0.534. The average molecular weight is 477 g/mol. The van der Waals surface area contributed by atoms with Crippen molar-refractivity contribution >= 4 is 50.6 Å². The number of sulfonamides is 1. The number of nitrogens with zero attached hydrogens (tertiary/aromatic N) is 2. The van der Waals surface area contributed by atoms with Gasteiger partial charge in [0, 0.05) is 12.3 Å². The summed E-state index contributed by atoms with van der Waals surface area (Å²) < 4.78 is 39.8. The first-order valence-corrected chi connectivity index (χ1v) is 10.8. The summed E-state index contributed by atoms with van der Waals surface area (Å²) in [7, 11) is -1.22. The number of benzene rings is 2. The Kier molecular flexibility index (Phi) is 6.48. The molecule has 0 aliphatic carbocycles. The monoisotopic (exact) mass is 475 g/mol. The van der Waals surface area contributed by atoms with Crippen LogP contribution < -0.4 is 14.2 Å².